The largest absolute Gasteiger partial charge is 0.333 e. The van der Waals surface area contributed by atoms with Gasteiger partial charge in [0.05, 0.1) is 23.2 Å². The van der Waals surface area contributed by atoms with Gasteiger partial charge in [-0.05, 0) is 18.9 Å². The molecule has 7 heteroatoms. The van der Waals surface area contributed by atoms with Gasteiger partial charge in [0.15, 0.2) is 0 Å². The molecule has 0 aliphatic rings. The fraction of sp³-hybridized carbons (Fsp3) is 0.353. The summed E-state index contributed by atoms with van der Waals surface area (Å²) in [6.07, 6.45) is 1.90. The molecule has 0 fully saturated rings. The Morgan fingerprint density at radius 3 is 2.58 bits per heavy atom. The number of aromatic nitrogens is 1. The van der Waals surface area contributed by atoms with E-state index in [1.165, 1.54) is 11.3 Å². The Labute approximate surface area is 145 Å². The van der Waals surface area contributed by atoms with Gasteiger partial charge in [-0.1, -0.05) is 43.7 Å². The quantitative estimate of drug-likeness (QED) is 0.703. The maximum Gasteiger partial charge on any atom is 0.333 e. The number of carbonyl (C=O) groups excluding carboxylic acids is 2. The molecule has 6 nitrogen and oxygen atoms in total. The van der Waals surface area contributed by atoms with Gasteiger partial charge in [-0.25, -0.2) is 15.2 Å². The van der Waals surface area contributed by atoms with Crippen LogP contribution in [0.3, 0.4) is 0 Å². The van der Waals surface area contributed by atoms with Crippen molar-refractivity contribution in [3.8, 4) is 0 Å². The number of rotatable bonds is 6. The first-order valence-electron chi connectivity index (χ1n) is 7.89. The van der Waals surface area contributed by atoms with Gasteiger partial charge >= 0.3 is 6.03 Å². The molecular formula is C17H22N4O2S. The summed E-state index contributed by atoms with van der Waals surface area (Å²) in [4.78, 5) is 28.1. The fourth-order valence-electron chi connectivity index (χ4n) is 2.32. The van der Waals surface area contributed by atoms with Crippen molar-refractivity contribution in [1.82, 2.24) is 21.2 Å². The smallest absolute Gasteiger partial charge is 0.330 e. The molecule has 0 bridgehead atoms. The molecule has 0 saturated heterocycles. The summed E-state index contributed by atoms with van der Waals surface area (Å²) >= 11 is 1.49. The zero-order valence-electron chi connectivity index (χ0n) is 13.8. The number of benzene rings is 1. The predicted molar refractivity (Wildman–Crippen MR) is 94.5 cm³/mol. The summed E-state index contributed by atoms with van der Waals surface area (Å²) < 4.78 is 0. The van der Waals surface area contributed by atoms with Crippen LogP contribution in [0.15, 0.2) is 35.7 Å². The van der Waals surface area contributed by atoms with E-state index in [1.54, 1.807) is 0 Å². The van der Waals surface area contributed by atoms with Crippen LogP contribution in [-0.4, -0.2) is 16.9 Å². The van der Waals surface area contributed by atoms with Crippen LogP contribution in [-0.2, 0) is 11.2 Å². The number of nitrogens with one attached hydrogen (secondary N) is 3. The third kappa shape index (κ3) is 5.66. The van der Waals surface area contributed by atoms with Crippen LogP contribution in [0.25, 0.3) is 0 Å². The van der Waals surface area contributed by atoms with E-state index in [4.69, 9.17) is 0 Å². The number of urea groups is 1. The molecule has 128 valence electrons. The minimum atomic E-state index is -0.430. The maximum absolute atomic E-state index is 12.0. The molecule has 3 amide bonds. The van der Waals surface area contributed by atoms with E-state index >= 15 is 0 Å². The number of amides is 3. The number of thiazole rings is 1. The summed E-state index contributed by atoms with van der Waals surface area (Å²) in [5.74, 6) is -0.304. The Bertz CT molecular complexity index is 672. The minimum absolute atomic E-state index is 0.0886. The molecule has 2 aromatic rings. The van der Waals surface area contributed by atoms with Crippen molar-refractivity contribution in [3.63, 3.8) is 0 Å². The lowest BCUT2D eigenvalue weighted by Gasteiger charge is -2.19. The maximum atomic E-state index is 12.0. The Balaban J connectivity index is 1.81. The second kappa shape index (κ2) is 9.02. The van der Waals surface area contributed by atoms with Gasteiger partial charge in [-0.2, -0.15) is 0 Å². The third-order valence-corrected chi connectivity index (χ3v) is 4.23. The van der Waals surface area contributed by atoms with Gasteiger partial charge in [0.1, 0.15) is 0 Å². The predicted octanol–water partition coefficient (Wildman–Crippen LogP) is 2.87. The first-order valence-corrected chi connectivity index (χ1v) is 8.77. The van der Waals surface area contributed by atoms with Gasteiger partial charge in [0, 0.05) is 5.38 Å². The Hall–Kier alpha value is -2.41. The number of hydrogen-bond donors (Lipinski definition) is 3. The van der Waals surface area contributed by atoms with Crippen molar-refractivity contribution < 1.29 is 9.59 Å². The van der Waals surface area contributed by atoms with Crippen molar-refractivity contribution in [2.75, 3.05) is 0 Å². The van der Waals surface area contributed by atoms with E-state index in [9.17, 15) is 9.59 Å². The molecule has 0 aliphatic heterocycles. The lowest BCUT2D eigenvalue weighted by atomic mass is 10.0. The molecule has 2 rings (SSSR count). The molecule has 0 spiro atoms. The summed E-state index contributed by atoms with van der Waals surface area (Å²) in [6.45, 7) is 3.95. The number of hydrazine groups is 1. The number of nitrogens with zero attached hydrogens (tertiary/aromatic N) is 1. The molecule has 0 unspecified atom stereocenters. The molecule has 0 aliphatic carbocycles. The van der Waals surface area contributed by atoms with E-state index in [-0.39, 0.29) is 18.4 Å². The Morgan fingerprint density at radius 2 is 1.96 bits per heavy atom. The van der Waals surface area contributed by atoms with Crippen molar-refractivity contribution in [3.05, 3.63) is 52.0 Å². The van der Waals surface area contributed by atoms with Gasteiger partial charge in [-0.3, -0.25) is 10.2 Å². The molecule has 0 saturated carbocycles. The van der Waals surface area contributed by atoms with Gasteiger partial charge in [0.25, 0.3) is 0 Å². The molecule has 1 atom stereocenters. The second-order valence-electron chi connectivity index (χ2n) is 5.43. The molecule has 0 radical (unpaired) electrons. The van der Waals surface area contributed by atoms with Gasteiger partial charge in [0.2, 0.25) is 5.91 Å². The van der Waals surface area contributed by atoms with Crippen molar-refractivity contribution in [2.45, 2.75) is 39.2 Å². The normalized spacial score (nSPS) is 11.6. The lowest BCUT2D eigenvalue weighted by molar-refractivity contribution is -0.121. The van der Waals surface area contributed by atoms with Gasteiger partial charge in [-0.15, -0.1) is 11.3 Å². The SMILES string of the molecule is CCC[C@@H](NC(=O)NNC(=O)Cc1csc(C)n1)c1ccccc1. The standard InChI is InChI=1S/C17H22N4O2S/c1-3-7-15(13-8-5-4-6-9-13)19-17(23)21-20-16(22)10-14-11-24-12(2)18-14/h4-6,8-9,11,15H,3,7,10H2,1-2H3,(H,20,22)(H2,19,21,23)/t15-/m1/s1. The van der Waals surface area contributed by atoms with Crippen LogP contribution in [0.1, 0.15) is 42.1 Å². The molecule has 1 aromatic heterocycles. The highest BCUT2D eigenvalue weighted by Gasteiger charge is 2.14. The highest BCUT2D eigenvalue weighted by Crippen LogP contribution is 2.17. The van der Waals surface area contributed by atoms with Crippen LogP contribution in [0.4, 0.5) is 4.79 Å². The van der Waals surface area contributed by atoms with E-state index in [0.717, 1.165) is 23.4 Å². The average molecular weight is 346 g/mol. The topological polar surface area (TPSA) is 83.1 Å². The van der Waals surface area contributed by atoms with Crippen molar-refractivity contribution >= 4 is 23.3 Å². The first-order chi connectivity index (χ1) is 11.6. The third-order valence-electron chi connectivity index (χ3n) is 3.41. The highest BCUT2D eigenvalue weighted by atomic mass is 32.1. The van der Waals surface area contributed by atoms with Gasteiger partial charge < -0.3 is 5.32 Å². The number of carbonyl (C=O) groups is 2. The van der Waals surface area contributed by atoms with E-state index in [0.29, 0.717) is 5.69 Å². The van der Waals surface area contributed by atoms with Crippen LogP contribution in [0, 0.1) is 6.92 Å². The van der Waals surface area contributed by atoms with Crippen molar-refractivity contribution in [2.24, 2.45) is 0 Å². The number of hydrogen-bond acceptors (Lipinski definition) is 4. The first kappa shape index (κ1) is 17.9. The molecular weight excluding hydrogens is 324 g/mol. The summed E-state index contributed by atoms with van der Waals surface area (Å²) in [6, 6.07) is 9.25. The molecule has 3 N–H and O–H groups in total. The van der Waals surface area contributed by atoms with Crippen LogP contribution >= 0.6 is 11.3 Å². The molecule has 24 heavy (non-hydrogen) atoms. The molecule has 1 aromatic carbocycles. The number of aryl methyl sites for hydroxylation is 1. The Morgan fingerprint density at radius 1 is 1.21 bits per heavy atom. The zero-order valence-corrected chi connectivity index (χ0v) is 14.7. The summed E-state index contributed by atoms with van der Waals surface area (Å²) in [5, 5.41) is 5.63. The highest BCUT2D eigenvalue weighted by molar-refractivity contribution is 7.09. The second-order valence-corrected chi connectivity index (χ2v) is 6.50. The minimum Gasteiger partial charge on any atom is -0.330 e. The molecule has 1 heterocycles. The summed E-state index contributed by atoms with van der Waals surface area (Å²) in [7, 11) is 0. The summed E-state index contributed by atoms with van der Waals surface area (Å²) in [5.41, 5.74) is 6.54. The van der Waals surface area contributed by atoms with E-state index < -0.39 is 6.03 Å². The monoisotopic (exact) mass is 346 g/mol. The van der Waals surface area contributed by atoms with E-state index in [1.807, 2.05) is 42.6 Å². The van der Waals surface area contributed by atoms with Crippen LogP contribution in [0.5, 0.6) is 0 Å². The average Bonchev–Trinajstić information content (AvgIpc) is 2.98. The van der Waals surface area contributed by atoms with Crippen LogP contribution in [0.2, 0.25) is 0 Å². The Kier molecular flexibility index (Phi) is 6.74. The lowest BCUT2D eigenvalue weighted by Crippen LogP contribution is -2.48. The van der Waals surface area contributed by atoms with Crippen molar-refractivity contribution in [1.29, 1.82) is 0 Å². The van der Waals surface area contributed by atoms with Crippen LogP contribution < -0.4 is 16.2 Å². The fourth-order valence-corrected chi connectivity index (χ4v) is 2.93. The van der Waals surface area contributed by atoms with E-state index in [2.05, 4.69) is 28.1 Å². The zero-order chi connectivity index (χ0) is 17.4.